The standard InChI is InChI=1S/C41H45N9O7/c1-22(2)57-34-17-29-23(15-32(34)45-37(52)31(18-42)36-43-13-4-14-44-36)19-49(39(29)54)25-7-5-24(6-8-25)47(3)27-20-48(21-27)26-9-10-28-30(16-26)41(56)50(40(28)55)33-11-12-35(51)46-38(33)53/h4,9-10,13-18,22,24-25,27,33,42-43H,5-8,11-12,19-21H2,1-3H3,(H,45,52)(H,46,51,53)/b36-31-,42-18?. The smallest absolute Gasteiger partial charge is 0.262 e. The van der Waals surface area contributed by atoms with E-state index in [1.54, 1.807) is 36.5 Å². The quantitative estimate of drug-likeness (QED) is 0.158. The maximum Gasteiger partial charge on any atom is 0.262 e. The van der Waals surface area contributed by atoms with Gasteiger partial charge in [0.25, 0.3) is 23.6 Å². The van der Waals surface area contributed by atoms with E-state index >= 15 is 0 Å². The molecule has 16 nitrogen and oxygen atoms in total. The molecule has 1 saturated carbocycles. The highest BCUT2D eigenvalue weighted by Crippen LogP contribution is 2.39. The molecule has 6 amide bonds. The molecule has 16 heteroatoms. The Labute approximate surface area is 329 Å². The van der Waals surface area contributed by atoms with Crippen LogP contribution < -0.4 is 25.6 Å². The minimum absolute atomic E-state index is 0.0486. The molecule has 57 heavy (non-hydrogen) atoms. The average Bonchev–Trinajstić information content (AvgIpc) is 3.62. The zero-order valence-electron chi connectivity index (χ0n) is 32.0. The lowest BCUT2D eigenvalue weighted by atomic mass is 9.88. The molecule has 0 spiro atoms. The number of aliphatic imine (C=N–C) groups is 1. The van der Waals surface area contributed by atoms with Crippen LogP contribution in [-0.2, 0) is 20.9 Å². The summed E-state index contributed by atoms with van der Waals surface area (Å²) >= 11 is 0. The number of amides is 6. The number of benzene rings is 2. The van der Waals surface area contributed by atoms with E-state index in [1.165, 1.54) is 6.21 Å². The van der Waals surface area contributed by atoms with Crippen molar-refractivity contribution in [3.8, 4) is 5.75 Å². The number of nitrogens with zero attached hydrogens (tertiary/aromatic N) is 5. The molecule has 0 bridgehead atoms. The highest BCUT2D eigenvalue weighted by molar-refractivity contribution is 6.24. The van der Waals surface area contributed by atoms with E-state index in [1.807, 2.05) is 24.8 Å². The molecule has 2 saturated heterocycles. The summed E-state index contributed by atoms with van der Waals surface area (Å²) < 4.78 is 6.06. The molecule has 0 radical (unpaired) electrons. The summed E-state index contributed by atoms with van der Waals surface area (Å²) in [5.74, 6) is -1.99. The first-order chi connectivity index (χ1) is 27.4. The number of carbonyl (C=O) groups is 6. The van der Waals surface area contributed by atoms with Gasteiger partial charge in [0.2, 0.25) is 11.8 Å². The number of rotatable bonds is 10. The van der Waals surface area contributed by atoms with Crippen molar-refractivity contribution in [2.45, 2.75) is 89.2 Å². The van der Waals surface area contributed by atoms with Gasteiger partial charge in [0.1, 0.15) is 17.6 Å². The summed E-state index contributed by atoms with van der Waals surface area (Å²) in [6.07, 6.45) is 9.35. The zero-order chi connectivity index (χ0) is 40.1. The molecular formula is C41H45N9O7. The van der Waals surface area contributed by atoms with Crippen LogP contribution in [0.4, 0.5) is 11.4 Å². The molecule has 8 rings (SSSR count). The number of nitrogens with one attached hydrogen (secondary N) is 4. The van der Waals surface area contributed by atoms with E-state index in [0.717, 1.165) is 61.1 Å². The minimum Gasteiger partial charge on any atom is -0.489 e. The molecule has 296 valence electrons. The van der Waals surface area contributed by atoms with Gasteiger partial charge >= 0.3 is 0 Å². The van der Waals surface area contributed by atoms with E-state index in [0.29, 0.717) is 35.6 Å². The van der Waals surface area contributed by atoms with Crippen LogP contribution in [0, 0.1) is 5.41 Å². The lowest BCUT2D eigenvalue weighted by molar-refractivity contribution is -0.136. The summed E-state index contributed by atoms with van der Waals surface area (Å²) in [5.41, 5.74) is 3.22. The van der Waals surface area contributed by atoms with Gasteiger partial charge in [0, 0.05) is 74.1 Å². The Balaban J connectivity index is 0.870. The first-order valence-corrected chi connectivity index (χ1v) is 19.4. The number of ether oxygens (including phenoxy) is 1. The SMILES string of the molecule is CC(C)Oc1cc2c(cc1NC(=O)/C(C=N)=C1\N=CC=CN1)CN(C1CCC(N(C)C3CN(c4ccc5c(c4)C(=O)N(C4CCC(=O)NC4=O)C5=O)C3)CC1)C2=O. The molecule has 2 aromatic carbocycles. The molecule has 3 fully saturated rings. The molecule has 1 aliphatic carbocycles. The molecule has 5 heterocycles. The first kappa shape index (κ1) is 37.7. The second kappa shape index (κ2) is 15.1. The van der Waals surface area contributed by atoms with E-state index < -0.39 is 35.6 Å². The van der Waals surface area contributed by atoms with Crippen LogP contribution in [0.2, 0.25) is 0 Å². The predicted octanol–water partition coefficient (Wildman–Crippen LogP) is 2.95. The molecule has 1 atom stereocenters. The first-order valence-electron chi connectivity index (χ1n) is 19.4. The number of fused-ring (bicyclic) bond motifs is 2. The van der Waals surface area contributed by atoms with E-state index in [-0.39, 0.29) is 53.4 Å². The predicted molar refractivity (Wildman–Crippen MR) is 210 cm³/mol. The van der Waals surface area contributed by atoms with Crippen LogP contribution in [0.5, 0.6) is 5.75 Å². The monoisotopic (exact) mass is 775 g/mol. The van der Waals surface area contributed by atoms with Gasteiger partial charge in [-0.1, -0.05) is 0 Å². The van der Waals surface area contributed by atoms with Crippen LogP contribution in [0.25, 0.3) is 0 Å². The van der Waals surface area contributed by atoms with Crippen molar-refractivity contribution in [1.29, 1.82) is 5.41 Å². The van der Waals surface area contributed by atoms with Gasteiger partial charge in [-0.05, 0) is 95.0 Å². The summed E-state index contributed by atoms with van der Waals surface area (Å²) in [7, 11) is 2.14. The Morgan fingerprint density at radius 1 is 0.965 bits per heavy atom. The Morgan fingerprint density at radius 2 is 1.72 bits per heavy atom. The molecular weight excluding hydrogens is 731 g/mol. The van der Waals surface area contributed by atoms with Gasteiger partial charge in [-0.25, -0.2) is 4.99 Å². The molecule has 4 N–H and O–H groups in total. The van der Waals surface area contributed by atoms with Crippen molar-refractivity contribution in [3.05, 3.63) is 76.3 Å². The van der Waals surface area contributed by atoms with Crippen molar-refractivity contribution in [3.63, 3.8) is 0 Å². The molecule has 2 aromatic rings. The van der Waals surface area contributed by atoms with Crippen LogP contribution in [0.1, 0.15) is 89.0 Å². The summed E-state index contributed by atoms with van der Waals surface area (Å²) in [4.78, 5) is 89.4. The van der Waals surface area contributed by atoms with Crippen LogP contribution in [-0.4, -0.2) is 113 Å². The van der Waals surface area contributed by atoms with Gasteiger partial charge in [-0.3, -0.25) is 43.9 Å². The Hall–Kier alpha value is -6.16. The van der Waals surface area contributed by atoms with Crippen LogP contribution >= 0.6 is 0 Å². The van der Waals surface area contributed by atoms with Gasteiger partial charge in [0.05, 0.1) is 28.5 Å². The normalized spacial score (nSPS) is 24.1. The highest BCUT2D eigenvalue weighted by Gasteiger charge is 2.45. The fourth-order valence-electron chi connectivity index (χ4n) is 8.67. The molecule has 1 unspecified atom stereocenters. The lowest BCUT2D eigenvalue weighted by Gasteiger charge is -2.49. The Kier molecular flexibility index (Phi) is 9.98. The van der Waals surface area contributed by atoms with Crippen molar-refractivity contribution in [1.82, 2.24) is 25.3 Å². The fourth-order valence-corrected chi connectivity index (χ4v) is 8.67. The summed E-state index contributed by atoms with van der Waals surface area (Å²) in [6, 6.07) is 8.46. The number of piperidine rings is 1. The van der Waals surface area contributed by atoms with Gasteiger partial charge in [-0.2, -0.15) is 0 Å². The number of hydrogen-bond donors (Lipinski definition) is 4. The van der Waals surface area contributed by atoms with Crippen LogP contribution in [0.3, 0.4) is 0 Å². The number of allylic oxidation sites excluding steroid dienone is 1. The van der Waals surface area contributed by atoms with Gasteiger partial charge < -0.3 is 30.6 Å². The number of carbonyl (C=O) groups excluding carboxylic acids is 6. The van der Waals surface area contributed by atoms with Crippen LogP contribution in [0.15, 0.2) is 59.0 Å². The summed E-state index contributed by atoms with van der Waals surface area (Å²) in [5, 5.41) is 15.8. The second-order valence-corrected chi connectivity index (χ2v) is 15.6. The third kappa shape index (κ3) is 6.98. The maximum atomic E-state index is 13.8. The molecule has 6 aliphatic rings. The average molecular weight is 776 g/mol. The minimum atomic E-state index is -0.997. The number of imide groups is 2. The van der Waals surface area contributed by atoms with E-state index in [9.17, 15) is 28.8 Å². The fraction of sp³-hybridized carbons (Fsp3) is 0.415. The Morgan fingerprint density at radius 3 is 2.40 bits per heavy atom. The van der Waals surface area contributed by atoms with Crippen molar-refractivity contribution in [2.75, 3.05) is 30.4 Å². The van der Waals surface area contributed by atoms with Gasteiger partial charge in [0.15, 0.2) is 0 Å². The number of hydrogen-bond acceptors (Lipinski definition) is 12. The zero-order valence-corrected chi connectivity index (χ0v) is 32.0. The van der Waals surface area contributed by atoms with Crippen molar-refractivity contribution < 1.29 is 33.5 Å². The second-order valence-electron chi connectivity index (χ2n) is 15.6. The number of anilines is 2. The van der Waals surface area contributed by atoms with Gasteiger partial charge in [-0.15, -0.1) is 0 Å². The summed E-state index contributed by atoms with van der Waals surface area (Å²) in [6.45, 7) is 5.69. The van der Waals surface area contributed by atoms with E-state index in [2.05, 4.69) is 37.8 Å². The van der Waals surface area contributed by atoms with E-state index in [4.69, 9.17) is 10.1 Å². The highest BCUT2D eigenvalue weighted by atomic mass is 16.5. The third-order valence-electron chi connectivity index (χ3n) is 11.8. The molecule has 5 aliphatic heterocycles. The van der Waals surface area contributed by atoms with Crippen molar-refractivity contribution in [2.24, 2.45) is 4.99 Å². The number of likely N-dealkylation sites (N-methyl/N-ethyl adjacent to an activating group) is 1. The third-order valence-corrected chi connectivity index (χ3v) is 11.8. The topological polar surface area (TPSA) is 197 Å². The molecule has 0 aromatic heterocycles. The van der Waals surface area contributed by atoms with Crippen molar-refractivity contribution >= 4 is 59.2 Å². The lowest BCUT2D eigenvalue weighted by Crippen LogP contribution is -2.61. The largest absolute Gasteiger partial charge is 0.489 e. The Bertz CT molecular complexity index is 2180. The maximum absolute atomic E-state index is 13.8.